The molecule has 0 radical (unpaired) electrons. The number of amides is 1. The largest absolute Gasteiger partial charge is 0.334 e. The Morgan fingerprint density at radius 2 is 1.71 bits per heavy atom. The van der Waals surface area contributed by atoms with E-state index < -0.39 is 0 Å². The molecular weight excluding hydrogens is 174 g/mol. The molecule has 1 amide bonds. The van der Waals surface area contributed by atoms with E-state index in [1.165, 1.54) is 11.1 Å². The van der Waals surface area contributed by atoms with Crippen molar-refractivity contribution in [3.05, 3.63) is 35.4 Å². The Labute approximate surface area is 83.5 Å². The summed E-state index contributed by atoms with van der Waals surface area (Å²) in [6, 6.07) is 8.33. The van der Waals surface area contributed by atoms with Gasteiger partial charge in [0.1, 0.15) is 0 Å². The van der Waals surface area contributed by atoms with Crippen molar-refractivity contribution < 1.29 is 4.79 Å². The second-order valence-electron chi connectivity index (χ2n) is 4.24. The number of nitrogens with zero attached hydrogens (tertiary/aromatic N) is 1. The Bertz CT molecular complexity index is 357. The number of carbonyl (C=O) groups is 1. The van der Waals surface area contributed by atoms with E-state index in [1.54, 1.807) is 0 Å². The predicted octanol–water partition coefficient (Wildman–Crippen LogP) is 1.94. The first-order valence-corrected chi connectivity index (χ1v) is 5.20. The first kappa shape index (κ1) is 8.04. The van der Waals surface area contributed by atoms with Crippen LogP contribution < -0.4 is 0 Å². The number of hydrogen-bond donors (Lipinski definition) is 0. The molecule has 2 nitrogen and oxygen atoms in total. The van der Waals surface area contributed by atoms with Gasteiger partial charge in [0.25, 0.3) is 0 Å². The van der Waals surface area contributed by atoms with Gasteiger partial charge < -0.3 is 4.90 Å². The van der Waals surface area contributed by atoms with Crippen LogP contribution in [0.1, 0.15) is 24.0 Å². The van der Waals surface area contributed by atoms with Gasteiger partial charge >= 0.3 is 0 Å². The van der Waals surface area contributed by atoms with Crippen LogP contribution in [0.25, 0.3) is 0 Å². The topological polar surface area (TPSA) is 20.3 Å². The Morgan fingerprint density at radius 1 is 1.14 bits per heavy atom. The van der Waals surface area contributed by atoms with E-state index in [2.05, 4.69) is 12.1 Å². The van der Waals surface area contributed by atoms with Gasteiger partial charge in [-0.25, -0.2) is 0 Å². The summed E-state index contributed by atoms with van der Waals surface area (Å²) in [5.41, 5.74) is 2.64. The van der Waals surface area contributed by atoms with Crippen molar-refractivity contribution in [3.63, 3.8) is 0 Å². The van der Waals surface area contributed by atoms with E-state index in [0.29, 0.717) is 11.8 Å². The molecule has 0 spiro atoms. The van der Waals surface area contributed by atoms with Gasteiger partial charge in [0.2, 0.25) is 5.91 Å². The molecule has 1 aliphatic heterocycles. The second kappa shape index (κ2) is 2.84. The van der Waals surface area contributed by atoms with E-state index in [1.807, 2.05) is 17.0 Å². The Hall–Kier alpha value is -1.31. The summed E-state index contributed by atoms with van der Waals surface area (Å²) in [7, 11) is 0. The quantitative estimate of drug-likeness (QED) is 0.658. The first-order valence-electron chi connectivity index (χ1n) is 5.20. The van der Waals surface area contributed by atoms with E-state index in [4.69, 9.17) is 0 Å². The van der Waals surface area contributed by atoms with Gasteiger partial charge in [0, 0.05) is 19.0 Å². The lowest BCUT2D eigenvalue weighted by Gasteiger charge is -2.14. The highest BCUT2D eigenvalue weighted by molar-refractivity contribution is 5.81. The third-order valence-electron chi connectivity index (χ3n) is 3.08. The minimum atomic E-state index is 0.351. The molecule has 0 bridgehead atoms. The molecule has 0 aromatic heterocycles. The lowest BCUT2D eigenvalue weighted by atomic mass is 10.1. The van der Waals surface area contributed by atoms with Crippen molar-refractivity contribution >= 4 is 5.91 Å². The van der Waals surface area contributed by atoms with Crippen LogP contribution in [0, 0.1) is 5.92 Å². The van der Waals surface area contributed by atoms with Crippen LogP contribution in [0.15, 0.2) is 24.3 Å². The molecule has 1 heterocycles. The smallest absolute Gasteiger partial charge is 0.226 e. The maximum Gasteiger partial charge on any atom is 0.226 e. The van der Waals surface area contributed by atoms with Gasteiger partial charge in [-0.2, -0.15) is 0 Å². The molecule has 0 unspecified atom stereocenters. The van der Waals surface area contributed by atoms with Crippen molar-refractivity contribution in [3.8, 4) is 0 Å². The third kappa shape index (κ3) is 1.22. The molecule has 1 saturated carbocycles. The lowest BCUT2D eigenvalue weighted by Crippen LogP contribution is -2.26. The molecule has 1 aromatic rings. The summed E-state index contributed by atoms with van der Waals surface area (Å²) in [4.78, 5) is 13.8. The minimum Gasteiger partial charge on any atom is -0.334 e. The Balaban J connectivity index is 1.80. The molecule has 0 N–H and O–H groups in total. The summed E-state index contributed by atoms with van der Waals surface area (Å²) < 4.78 is 0. The molecular formula is C12H13NO. The van der Waals surface area contributed by atoms with Gasteiger partial charge in [-0.05, 0) is 24.0 Å². The van der Waals surface area contributed by atoms with Crippen molar-refractivity contribution in [2.45, 2.75) is 25.9 Å². The lowest BCUT2D eigenvalue weighted by molar-refractivity contribution is -0.133. The molecule has 1 aliphatic carbocycles. The zero-order valence-electron chi connectivity index (χ0n) is 8.07. The summed E-state index contributed by atoms with van der Waals surface area (Å²) >= 11 is 0. The fourth-order valence-corrected chi connectivity index (χ4v) is 2.08. The summed E-state index contributed by atoms with van der Waals surface area (Å²) in [5, 5.41) is 0. The highest BCUT2D eigenvalue weighted by Gasteiger charge is 2.35. The van der Waals surface area contributed by atoms with E-state index in [0.717, 1.165) is 25.9 Å². The molecule has 72 valence electrons. The normalized spacial score (nSPS) is 19.6. The van der Waals surface area contributed by atoms with Gasteiger partial charge in [-0.15, -0.1) is 0 Å². The average Bonchev–Trinajstić information content (AvgIpc) is 2.95. The van der Waals surface area contributed by atoms with Crippen molar-refractivity contribution in [2.75, 3.05) is 0 Å². The van der Waals surface area contributed by atoms with Crippen molar-refractivity contribution in [1.29, 1.82) is 0 Å². The molecule has 1 fully saturated rings. The van der Waals surface area contributed by atoms with Crippen LogP contribution in [-0.2, 0) is 17.9 Å². The molecule has 3 rings (SSSR count). The van der Waals surface area contributed by atoms with Crippen molar-refractivity contribution in [2.24, 2.45) is 5.92 Å². The standard InChI is InChI=1S/C12H13NO/c14-12(9-5-6-9)13-7-10-3-1-2-4-11(10)8-13/h1-4,9H,5-8H2. The Kier molecular flexibility index (Phi) is 1.63. The highest BCUT2D eigenvalue weighted by Crippen LogP contribution is 2.34. The van der Waals surface area contributed by atoms with Gasteiger partial charge in [-0.1, -0.05) is 24.3 Å². The number of rotatable bonds is 1. The highest BCUT2D eigenvalue weighted by atomic mass is 16.2. The van der Waals surface area contributed by atoms with Crippen LogP contribution in [0.2, 0.25) is 0 Å². The molecule has 0 saturated heterocycles. The average molecular weight is 187 g/mol. The van der Waals surface area contributed by atoms with Crippen LogP contribution in [0.4, 0.5) is 0 Å². The summed E-state index contributed by atoms with van der Waals surface area (Å²) in [6.45, 7) is 1.65. The molecule has 1 aromatic carbocycles. The Morgan fingerprint density at radius 3 is 2.21 bits per heavy atom. The number of hydrogen-bond acceptors (Lipinski definition) is 1. The predicted molar refractivity (Wildman–Crippen MR) is 53.4 cm³/mol. The van der Waals surface area contributed by atoms with E-state index >= 15 is 0 Å². The van der Waals surface area contributed by atoms with E-state index in [-0.39, 0.29) is 0 Å². The van der Waals surface area contributed by atoms with Crippen molar-refractivity contribution in [1.82, 2.24) is 4.90 Å². The SMILES string of the molecule is O=C(C1CC1)N1Cc2ccccc2C1. The van der Waals surface area contributed by atoms with Crippen LogP contribution >= 0.6 is 0 Å². The summed E-state index contributed by atoms with van der Waals surface area (Å²) in [5.74, 6) is 0.713. The second-order valence-corrected chi connectivity index (χ2v) is 4.24. The maximum atomic E-state index is 11.8. The summed E-state index contributed by atoms with van der Waals surface area (Å²) in [6.07, 6.45) is 2.21. The number of fused-ring (bicyclic) bond motifs is 1. The molecule has 2 aliphatic rings. The maximum absolute atomic E-state index is 11.8. The van der Waals surface area contributed by atoms with Crippen LogP contribution in [0.3, 0.4) is 0 Å². The zero-order valence-corrected chi connectivity index (χ0v) is 8.07. The number of benzene rings is 1. The first-order chi connectivity index (χ1) is 6.84. The van der Waals surface area contributed by atoms with E-state index in [9.17, 15) is 4.79 Å². The monoisotopic (exact) mass is 187 g/mol. The molecule has 2 heteroatoms. The number of carbonyl (C=O) groups excluding carboxylic acids is 1. The fraction of sp³-hybridized carbons (Fsp3) is 0.417. The van der Waals surface area contributed by atoms with Gasteiger partial charge in [0.05, 0.1) is 0 Å². The molecule has 14 heavy (non-hydrogen) atoms. The van der Waals surface area contributed by atoms with Gasteiger partial charge in [0.15, 0.2) is 0 Å². The third-order valence-corrected chi connectivity index (χ3v) is 3.08. The zero-order chi connectivity index (χ0) is 9.54. The van der Waals surface area contributed by atoms with Crippen LogP contribution in [-0.4, -0.2) is 10.8 Å². The molecule has 0 atom stereocenters. The van der Waals surface area contributed by atoms with Gasteiger partial charge in [-0.3, -0.25) is 4.79 Å². The minimum absolute atomic E-state index is 0.351. The fourth-order valence-electron chi connectivity index (χ4n) is 2.08. The van der Waals surface area contributed by atoms with Crippen LogP contribution in [0.5, 0.6) is 0 Å².